The minimum absolute atomic E-state index is 0.00306. The number of sulfonamides is 1. The molecule has 15 nitrogen and oxygen atoms in total. The van der Waals surface area contributed by atoms with Crippen LogP contribution in [0.25, 0.3) is 0 Å². The monoisotopic (exact) mass is 790 g/mol. The van der Waals surface area contributed by atoms with E-state index in [2.05, 4.69) is 10.3 Å². The molecule has 300 valence electrons. The number of nitrogens with zero attached hydrogens (tertiary/aromatic N) is 4. The van der Waals surface area contributed by atoms with Gasteiger partial charge >= 0.3 is 6.02 Å². The van der Waals surface area contributed by atoms with E-state index >= 15 is 0 Å². The Labute approximate surface area is 327 Å². The SMILES string of the molecule is CC(C)(CCCCN=C(NC#N)Oc1ccccc1)CN(C[C@@H](O)[C@H](Cc1ccccc1)N(C(=O)[O-])[C@H]1CO[C@H]2OCC[C@H]21)S(=O)(=O)c1ccc2c(c1)OCO2. The van der Waals surface area contributed by atoms with Crippen LogP contribution in [0.2, 0.25) is 0 Å². The van der Waals surface area contributed by atoms with Crippen molar-refractivity contribution in [2.75, 3.05) is 39.6 Å². The van der Waals surface area contributed by atoms with Crippen molar-refractivity contribution in [1.82, 2.24) is 14.5 Å². The lowest BCUT2D eigenvalue weighted by Gasteiger charge is -2.43. The zero-order valence-electron chi connectivity index (χ0n) is 31.5. The van der Waals surface area contributed by atoms with Crippen molar-refractivity contribution in [3.8, 4) is 23.4 Å². The molecular formula is C40H48N5O10S-. The van der Waals surface area contributed by atoms with Crippen LogP contribution in [-0.2, 0) is 25.9 Å². The Morgan fingerprint density at radius 1 is 1.07 bits per heavy atom. The quantitative estimate of drug-likeness (QED) is 0.0666. The zero-order chi connectivity index (χ0) is 39.7. The van der Waals surface area contributed by atoms with Crippen LogP contribution in [0.4, 0.5) is 4.79 Å². The first-order chi connectivity index (χ1) is 26.9. The summed E-state index contributed by atoms with van der Waals surface area (Å²) in [5, 5.41) is 36.8. The topological polar surface area (TPSA) is 195 Å². The van der Waals surface area contributed by atoms with Crippen molar-refractivity contribution in [3.05, 3.63) is 84.4 Å². The van der Waals surface area contributed by atoms with Gasteiger partial charge in [0.1, 0.15) is 11.8 Å². The Balaban J connectivity index is 1.23. The van der Waals surface area contributed by atoms with Crippen molar-refractivity contribution in [3.63, 3.8) is 0 Å². The van der Waals surface area contributed by atoms with Gasteiger partial charge < -0.3 is 43.6 Å². The van der Waals surface area contributed by atoms with Crippen molar-refractivity contribution in [1.29, 1.82) is 5.26 Å². The summed E-state index contributed by atoms with van der Waals surface area (Å²) in [4.78, 5) is 18.5. The second-order valence-electron chi connectivity index (χ2n) is 14.9. The van der Waals surface area contributed by atoms with Crippen molar-refractivity contribution in [2.24, 2.45) is 16.3 Å². The molecule has 0 bridgehead atoms. The molecule has 3 aromatic carbocycles. The van der Waals surface area contributed by atoms with E-state index < -0.39 is 52.6 Å². The number of carbonyl (C=O) groups excluding carboxylic acids is 1. The number of ether oxygens (including phenoxy) is 5. The average Bonchev–Trinajstić information content (AvgIpc) is 3.94. The second-order valence-corrected chi connectivity index (χ2v) is 16.8. The standard InChI is InChI=1S/C40H49N5O10S/c1-40(2,18-9-10-19-42-38(43-26-41)55-29-13-7-4-8-14-29)25-44(56(49,50)30-15-16-35-36(22-30)54-27-53-35)23-34(46)32(21-28-11-5-3-6-12-28)45(39(47)48)33-24-52-37-31(33)17-20-51-37/h3-8,11-16,22,31-34,37,46H,9-10,17-21,23-25,27H2,1-2H3,(H,42,43)(H,47,48)/p-1/t31-,32-,33-,34+,37+/m0/s1. The van der Waals surface area contributed by atoms with E-state index in [9.17, 15) is 23.4 Å². The fourth-order valence-electron chi connectivity index (χ4n) is 7.48. The van der Waals surface area contributed by atoms with Gasteiger partial charge in [0.2, 0.25) is 16.8 Å². The predicted molar refractivity (Wildman–Crippen MR) is 202 cm³/mol. The maximum absolute atomic E-state index is 14.6. The number of para-hydroxylation sites is 1. The number of nitriles is 1. The first-order valence-corrected chi connectivity index (χ1v) is 20.2. The third-order valence-corrected chi connectivity index (χ3v) is 12.1. The molecule has 56 heavy (non-hydrogen) atoms. The molecular weight excluding hydrogens is 743 g/mol. The number of amidine groups is 1. The summed E-state index contributed by atoms with van der Waals surface area (Å²) in [6.45, 7) is 4.26. The molecule has 3 aromatic rings. The maximum Gasteiger partial charge on any atom is 0.303 e. The van der Waals surface area contributed by atoms with Gasteiger partial charge in [0.25, 0.3) is 0 Å². The summed E-state index contributed by atoms with van der Waals surface area (Å²) < 4.78 is 58.5. The number of unbranched alkanes of at least 4 members (excludes halogenated alkanes) is 1. The van der Waals surface area contributed by atoms with Crippen LogP contribution in [0.3, 0.4) is 0 Å². The number of nitrogens with one attached hydrogen (secondary N) is 1. The molecule has 1 amide bonds. The highest BCUT2D eigenvalue weighted by Crippen LogP contribution is 2.38. The molecule has 3 aliphatic heterocycles. The van der Waals surface area contributed by atoms with Gasteiger partial charge in [-0.1, -0.05) is 68.8 Å². The summed E-state index contributed by atoms with van der Waals surface area (Å²) >= 11 is 0. The van der Waals surface area contributed by atoms with Gasteiger partial charge in [0, 0.05) is 31.6 Å². The van der Waals surface area contributed by atoms with Gasteiger partial charge in [-0.25, -0.2) is 18.7 Å². The fraction of sp³-hybridized carbons (Fsp3) is 0.475. The van der Waals surface area contributed by atoms with Crippen molar-refractivity contribution in [2.45, 2.75) is 75.3 Å². The van der Waals surface area contributed by atoms with Crippen molar-refractivity contribution >= 4 is 22.1 Å². The van der Waals surface area contributed by atoms with Crippen LogP contribution in [0.1, 0.15) is 45.1 Å². The number of carbonyl (C=O) groups is 1. The number of aliphatic imine (C=N–C) groups is 1. The number of aliphatic hydroxyl groups is 1. The smallest absolute Gasteiger partial charge is 0.303 e. The minimum atomic E-state index is -4.28. The van der Waals surface area contributed by atoms with Crippen LogP contribution in [0.5, 0.6) is 17.2 Å². The number of amides is 1. The molecule has 0 aromatic heterocycles. The highest BCUT2D eigenvalue weighted by molar-refractivity contribution is 7.89. The summed E-state index contributed by atoms with van der Waals surface area (Å²) in [6.07, 6.45) is 0.847. The molecule has 2 saturated heterocycles. The molecule has 0 aliphatic carbocycles. The largest absolute Gasteiger partial charge is 0.530 e. The van der Waals surface area contributed by atoms with E-state index in [0.29, 0.717) is 50.3 Å². The third-order valence-electron chi connectivity index (χ3n) is 10.3. The van der Waals surface area contributed by atoms with Crippen LogP contribution < -0.4 is 24.6 Å². The fourth-order valence-corrected chi connectivity index (χ4v) is 9.15. The van der Waals surface area contributed by atoms with E-state index in [0.717, 1.165) is 10.5 Å². The molecule has 5 atom stereocenters. The number of hydrogen-bond donors (Lipinski definition) is 2. The first kappa shape index (κ1) is 40.7. The number of hydrogen-bond acceptors (Lipinski definition) is 12. The van der Waals surface area contributed by atoms with Gasteiger partial charge in [-0.3, -0.25) is 0 Å². The van der Waals surface area contributed by atoms with E-state index in [4.69, 9.17) is 28.9 Å². The Morgan fingerprint density at radius 2 is 1.80 bits per heavy atom. The lowest BCUT2D eigenvalue weighted by Crippen LogP contribution is -2.61. The van der Waals surface area contributed by atoms with Crippen LogP contribution >= 0.6 is 0 Å². The number of fused-ring (bicyclic) bond motifs is 2. The summed E-state index contributed by atoms with van der Waals surface area (Å²) in [6, 6.07) is 20.8. The Kier molecular flexibility index (Phi) is 13.3. The Bertz CT molecular complexity index is 1960. The van der Waals surface area contributed by atoms with Crippen LogP contribution in [0, 0.1) is 22.8 Å². The van der Waals surface area contributed by atoms with E-state index in [1.165, 1.54) is 22.5 Å². The van der Waals surface area contributed by atoms with E-state index in [1.807, 2.05) is 68.6 Å². The van der Waals surface area contributed by atoms with Gasteiger partial charge in [0.05, 0.1) is 36.3 Å². The lowest BCUT2D eigenvalue weighted by atomic mass is 9.87. The van der Waals surface area contributed by atoms with E-state index in [1.54, 1.807) is 12.1 Å². The number of rotatable bonds is 17. The normalized spacial score (nSPS) is 20.3. The summed E-state index contributed by atoms with van der Waals surface area (Å²) in [7, 11) is -4.28. The number of aliphatic hydroxyl groups excluding tert-OH is 1. The highest BCUT2D eigenvalue weighted by Gasteiger charge is 2.47. The maximum atomic E-state index is 14.6. The van der Waals surface area contributed by atoms with Gasteiger partial charge in [-0.2, -0.15) is 9.57 Å². The van der Waals surface area contributed by atoms with Gasteiger partial charge in [-0.15, -0.1) is 0 Å². The zero-order valence-corrected chi connectivity index (χ0v) is 32.3. The molecule has 6 rings (SSSR count). The molecule has 0 spiro atoms. The number of benzene rings is 3. The molecule has 0 radical (unpaired) electrons. The summed E-state index contributed by atoms with van der Waals surface area (Å²) in [5.41, 5.74) is 0.147. The molecule has 2 N–H and O–H groups in total. The van der Waals surface area contributed by atoms with Crippen LogP contribution in [0.15, 0.2) is 88.8 Å². The average molecular weight is 791 g/mol. The highest BCUT2D eigenvalue weighted by atomic mass is 32.2. The first-order valence-electron chi connectivity index (χ1n) is 18.7. The van der Waals surface area contributed by atoms with Gasteiger partial charge in [0.15, 0.2) is 24.0 Å². The lowest BCUT2D eigenvalue weighted by molar-refractivity contribution is -0.273. The predicted octanol–water partition coefficient (Wildman–Crippen LogP) is 3.49. The molecule has 16 heteroatoms. The second kappa shape index (κ2) is 18.4. The molecule has 2 fully saturated rings. The third kappa shape index (κ3) is 10.1. The van der Waals surface area contributed by atoms with Crippen molar-refractivity contribution < 1.29 is 47.1 Å². The van der Waals surface area contributed by atoms with E-state index in [-0.39, 0.29) is 48.9 Å². The molecule has 3 aliphatic rings. The summed E-state index contributed by atoms with van der Waals surface area (Å²) in [5.74, 6) is 0.976. The minimum Gasteiger partial charge on any atom is -0.530 e. The number of carboxylic acid groups (broad SMARTS) is 1. The molecule has 3 heterocycles. The van der Waals surface area contributed by atoms with Gasteiger partial charge in [-0.05, 0) is 60.9 Å². The Hall–Kier alpha value is -4.92. The van der Waals surface area contributed by atoms with Crippen LogP contribution in [-0.4, -0.2) is 99.0 Å². The Morgan fingerprint density at radius 3 is 2.54 bits per heavy atom. The molecule has 0 unspecified atom stereocenters. The molecule has 0 saturated carbocycles.